The SMILES string of the molecule is CC(=O)O[C@H](CC#N)COC(=O)c1ccccc1. The Kier molecular flexibility index (Phi) is 5.39. The number of hydrogen-bond donors (Lipinski definition) is 0. The van der Waals surface area contributed by atoms with E-state index in [1.165, 1.54) is 6.92 Å². The van der Waals surface area contributed by atoms with E-state index in [2.05, 4.69) is 0 Å². The van der Waals surface area contributed by atoms with E-state index in [0.717, 1.165) is 0 Å². The van der Waals surface area contributed by atoms with Gasteiger partial charge in [-0.3, -0.25) is 4.79 Å². The summed E-state index contributed by atoms with van der Waals surface area (Å²) in [5.41, 5.74) is 0.413. The maximum absolute atomic E-state index is 11.6. The van der Waals surface area contributed by atoms with Crippen molar-refractivity contribution in [1.29, 1.82) is 5.26 Å². The molecular weight excluding hydrogens is 234 g/mol. The minimum absolute atomic E-state index is 0.0123. The first-order valence-corrected chi connectivity index (χ1v) is 5.40. The Morgan fingerprint density at radius 1 is 1.33 bits per heavy atom. The molecule has 0 N–H and O–H groups in total. The lowest BCUT2D eigenvalue weighted by Gasteiger charge is -2.13. The molecule has 0 unspecified atom stereocenters. The van der Waals surface area contributed by atoms with Crippen LogP contribution in [0, 0.1) is 11.3 Å². The minimum Gasteiger partial charge on any atom is -0.458 e. The largest absolute Gasteiger partial charge is 0.458 e. The van der Waals surface area contributed by atoms with Gasteiger partial charge < -0.3 is 9.47 Å². The van der Waals surface area contributed by atoms with Crippen LogP contribution in [0.2, 0.25) is 0 Å². The summed E-state index contributed by atoms with van der Waals surface area (Å²) in [6.45, 7) is 1.12. The maximum Gasteiger partial charge on any atom is 0.338 e. The molecule has 1 aromatic carbocycles. The number of nitrogens with zero attached hydrogens (tertiary/aromatic N) is 1. The van der Waals surface area contributed by atoms with Crippen LogP contribution in [0.25, 0.3) is 0 Å². The van der Waals surface area contributed by atoms with Crippen LogP contribution in [0.4, 0.5) is 0 Å². The van der Waals surface area contributed by atoms with Crippen molar-refractivity contribution < 1.29 is 19.1 Å². The molecule has 5 heteroatoms. The van der Waals surface area contributed by atoms with Gasteiger partial charge in [-0.25, -0.2) is 4.79 Å². The number of rotatable bonds is 5. The van der Waals surface area contributed by atoms with Gasteiger partial charge in [0.05, 0.1) is 18.1 Å². The van der Waals surface area contributed by atoms with Gasteiger partial charge >= 0.3 is 11.9 Å². The molecule has 0 amide bonds. The number of nitriles is 1. The topological polar surface area (TPSA) is 76.4 Å². The lowest BCUT2D eigenvalue weighted by molar-refractivity contribution is -0.148. The van der Waals surface area contributed by atoms with Gasteiger partial charge in [-0.05, 0) is 12.1 Å². The van der Waals surface area contributed by atoms with E-state index >= 15 is 0 Å². The summed E-state index contributed by atoms with van der Waals surface area (Å²) in [6.07, 6.45) is -0.734. The number of esters is 2. The first-order valence-electron chi connectivity index (χ1n) is 5.40. The molecule has 0 aliphatic rings. The molecule has 0 aromatic heterocycles. The monoisotopic (exact) mass is 247 g/mol. The van der Waals surface area contributed by atoms with Gasteiger partial charge in [0, 0.05) is 6.92 Å². The van der Waals surface area contributed by atoms with Crippen molar-refractivity contribution in [2.75, 3.05) is 6.61 Å². The van der Waals surface area contributed by atoms with Crippen LogP contribution < -0.4 is 0 Å². The summed E-state index contributed by atoms with van der Waals surface area (Å²) in [6, 6.07) is 10.3. The Morgan fingerprint density at radius 3 is 2.56 bits per heavy atom. The van der Waals surface area contributed by atoms with Crippen LogP contribution in [0.3, 0.4) is 0 Å². The molecule has 0 aliphatic heterocycles. The quantitative estimate of drug-likeness (QED) is 0.740. The summed E-state index contributed by atoms with van der Waals surface area (Å²) in [4.78, 5) is 22.4. The Bertz CT molecular complexity index is 450. The summed E-state index contributed by atoms with van der Waals surface area (Å²) < 4.78 is 9.81. The molecule has 0 radical (unpaired) electrons. The highest BCUT2D eigenvalue weighted by molar-refractivity contribution is 5.89. The predicted molar refractivity (Wildman–Crippen MR) is 62.5 cm³/mol. The molecule has 0 aliphatic carbocycles. The average molecular weight is 247 g/mol. The Hall–Kier alpha value is -2.35. The zero-order valence-corrected chi connectivity index (χ0v) is 9.96. The van der Waals surface area contributed by atoms with Crippen molar-refractivity contribution in [2.24, 2.45) is 0 Å². The van der Waals surface area contributed by atoms with Gasteiger partial charge in [-0.1, -0.05) is 18.2 Å². The summed E-state index contributed by atoms with van der Waals surface area (Å²) in [5, 5.41) is 8.55. The zero-order chi connectivity index (χ0) is 13.4. The van der Waals surface area contributed by atoms with Crippen LogP contribution in [-0.2, 0) is 14.3 Å². The molecule has 0 bridgehead atoms. The van der Waals surface area contributed by atoms with E-state index < -0.39 is 18.0 Å². The molecular formula is C13H13NO4. The fourth-order valence-corrected chi connectivity index (χ4v) is 1.30. The number of benzene rings is 1. The average Bonchev–Trinajstić information content (AvgIpc) is 2.36. The van der Waals surface area contributed by atoms with Gasteiger partial charge in [0.25, 0.3) is 0 Å². The van der Waals surface area contributed by atoms with Crippen molar-refractivity contribution in [3.05, 3.63) is 35.9 Å². The third-order valence-electron chi connectivity index (χ3n) is 2.06. The van der Waals surface area contributed by atoms with Gasteiger partial charge in [0.1, 0.15) is 12.7 Å². The highest BCUT2D eigenvalue weighted by atomic mass is 16.6. The van der Waals surface area contributed by atoms with Crippen molar-refractivity contribution in [1.82, 2.24) is 0 Å². The summed E-state index contributed by atoms with van der Waals surface area (Å²) >= 11 is 0. The maximum atomic E-state index is 11.6. The van der Waals surface area contributed by atoms with Crippen LogP contribution in [-0.4, -0.2) is 24.6 Å². The molecule has 18 heavy (non-hydrogen) atoms. The molecule has 0 spiro atoms. The number of carbonyl (C=O) groups is 2. The van der Waals surface area contributed by atoms with Crippen molar-refractivity contribution in [2.45, 2.75) is 19.4 Å². The predicted octanol–water partition coefficient (Wildman–Crippen LogP) is 1.69. The highest BCUT2D eigenvalue weighted by Gasteiger charge is 2.15. The molecule has 0 fully saturated rings. The number of hydrogen-bond acceptors (Lipinski definition) is 5. The van der Waals surface area contributed by atoms with Crippen LogP contribution in [0.5, 0.6) is 0 Å². The smallest absolute Gasteiger partial charge is 0.338 e. The molecule has 0 saturated carbocycles. The molecule has 1 aromatic rings. The number of carbonyl (C=O) groups excluding carboxylic acids is 2. The second kappa shape index (κ2) is 7.07. The van der Waals surface area contributed by atoms with E-state index in [1.54, 1.807) is 30.3 Å². The second-order valence-electron chi connectivity index (χ2n) is 3.56. The van der Waals surface area contributed by atoms with Crippen LogP contribution in [0.1, 0.15) is 23.7 Å². The second-order valence-corrected chi connectivity index (χ2v) is 3.56. The molecule has 94 valence electrons. The molecule has 0 heterocycles. The van der Waals surface area contributed by atoms with E-state index in [1.807, 2.05) is 6.07 Å². The molecule has 0 saturated heterocycles. The van der Waals surface area contributed by atoms with Crippen molar-refractivity contribution in [3.63, 3.8) is 0 Å². The van der Waals surface area contributed by atoms with E-state index in [4.69, 9.17) is 14.7 Å². The molecule has 1 atom stereocenters. The van der Waals surface area contributed by atoms with Crippen molar-refractivity contribution >= 4 is 11.9 Å². The Balaban J connectivity index is 2.50. The first kappa shape index (κ1) is 13.7. The third-order valence-corrected chi connectivity index (χ3v) is 2.06. The highest BCUT2D eigenvalue weighted by Crippen LogP contribution is 2.04. The first-order chi connectivity index (χ1) is 8.63. The number of ether oxygens (including phenoxy) is 2. The normalized spacial score (nSPS) is 11.1. The van der Waals surface area contributed by atoms with Crippen LogP contribution >= 0.6 is 0 Å². The molecule has 5 nitrogen and oxygen atoms in total. The lowest BCUT2D eigenvalue weighted by atomic mass is 10.2. The minimum atomic E-state index is -0.722. The lowest BCUT2D eigenvalue weighted by Crippen LogP contribution is -2.23. The summed E-state index contributed by atoms with van der Waals surface area (Å²) in [7, 11) is 0. The zero-order valence-electron chi connectivity index (χ0n) is 9.96. The van der Waals surface area contributed by atoms with E-state index in [0.29, 0.717) is 5.56 Å². The van der Waals surface area contributed by atoms with E-state index in [-0.39, 0.29) is 13.0 Å². The fraction of sp³-hybridized carbons (Fsp3) is 0.308. The standard InChI is InChI=1S/C13H13NO4/c1-10(15)18-12(7-8-14)9-17-13(16)11-5-3-2-4-6-11/h2-6,12H,7,9H2,1H3/t12-/m1/s1. The van der Waals surface area contributed by atoms with Gasteiger partial charge in [0.2, 0.25) is 0 Å². The van der Waals surface area contributed by atoms with Gasteiger partial charge in [-0.15, -0.1) is 0 Å². The van der Waals surface area contributed by atoms with Crippen LogP contribution in [0.15, 0.2) is 30.3 Å². The van der Waals surface area contributed by atoms with Crippen molar-refractivity contribution in [3.8, 4) is 6.07 Å². The fourth-order valence-electron chi connectivity index (χ4n) is 1.30. The van der Waals surface area contributed by atoms with Gasteiger partial charge in [0.15, 0.2) is 0 Å². The Labute approximate surface area is 105 Å². The summed E-state index contributed by atoms with van der Waals surface area (Å²) in [5.74, 6) is -1.02. The Morgan fingerprint density at radius 2 is 2.00 bits per heavy atom. The van der Waals surface area contributed by atoms with E-state index in [9.17, 15) is 9.59 Å². The third kappa shape index (κ3) is 4.66. The van der Waals surface area contributed by atoms with Gasteiger partial charge in [-0.2, -0.15) is 5.26 Å². The molecule has 1 rings (SSSR count).